The third kappa shape index (κ3) is 5.38. The molecule has 0 aliphatic heterocycles. The van der Waals surface area contributed by atoms with Gasteiger partial charge < -0.3 is 20.1 Å². The van der Waals surface area contributed by atoms with Crippen molar-refractivity contribution in [3.8, 4) is 11.5 Å². The molecule has 0 atom stereocenters. The Bertz CT molecular complexity index is 692. The number of anilines is 1. The van der Waals surface area contributed by atoms with Gasteiger partial charge in [-0.25, -0.2) is 4.98 Å². The van der Waals surface area contributed by atoms with Crippen molar-refractivity contribution in [3.05, 3.63) is 47.7 Å². The zero-order chi connectivity index (χ0) is 17.4. The van der Waals surface area contributed by atoms with Gasteiger partial charge in [0.15, 0.2) is 16.6 Å². The van der Waals surface area contributed by atoms with E-state index in [4.69, 9.17) is 21.7 Å². The van der Waals surface area contributed by atoms with Crippen LogP contribution < -0.4 is 20.1 Å². The molecule has 0 unspecified atom stereocenters. The predicted octanol–water partition coefficient (Wildman–Crippen LogP) is 3.33. The second-order valence-corrected chi connectivity index (χ2v) is 5.80. The van der Waals surface area contributed by atoms with Crippen molar-refractivity contribution in [3.63, 3.8) is 0 Å². The number of nitrogens with zero attached hydrogens (tertiary/aromatic N) is 1. The van der Waals surface area contributed by atoms with Gasteiger partial charge in [0.05, 0.1) is 14.2 Å². The molecule has 6 heteroatoms. The van der Waals surface area contributed by atoms with Gasteiger partial charge in [0, 0.05) is 12.7 Å². The smallest absolute Gasteiger partial charge is 0.171 e. The highest BCUT2D eigenvalue weighted by molar-refractivity contribution is 7.80. The van der Waals surface area contributed by atoms with Crippen molar-refractivity contribution in [1.29, 1.82) is 0 Å². The van der Waals surface area contributed by atoms with Crippen molar-refractivity contribution in [1.82, 2.24) is 10.3 Å². The third-order valence-electron chi connectivity index (χ3n) is 3.53. The van der Waals surface area contributed by atoms with E-state index in [9.17, 15) is 0 Å². The molecule has 24 heavy (non-hydrogen) atoms. The second kappa shape index (κ2) is 9.08. The Hall–Kier alpha value is -2.34. The summed E-state index contributed by atoms with van der Waals surface area (Å²) < 4.78 is 10.6. The first-order valence-corrected chi connectivity index (χ1v) is 8.21. The van der Waals surface area contributed by atoms with E-state index in [1.165, 1.54) is 5.56 Å². The van der Waals surface area contributed by atoms with E-state index < -0.39 is 0 Å². The third-order valence-corrected chi connectivity index (χ3v) is 3.78. The number of hydrogen-bond acceptors (Lipinski definition) is 4. The molecule has 0 aliphatic carbocycles. The summed E-state index contributed by atoms with van der Waals surface area (Å²) in [5, 5.41) is 6.87. The van der Waals surface area contributed by atoms with E-state index in [2.05, 4.69) is 21.7 Å². The van der Waals surface area contributed by atoms with E-state index in [-0.39, 0.29) is 0 Å². The highest BCUT2D eigenvalue weighted by Crippen LogP contribution is 2.27. The summed E-state index contributed by atoms with van der Waals surface area (Å²) in [6, 6.07) is 9.89. The molecule has 0 saturated heterocycles. The molecule has 0 amide bonds. The van der Waals surface area contributed by atoms with Crippen molar-refractivity contribution >= 4 is 23.1 Å². The molecule has 0 fully saturated rings. The molecule has 128 valence electrons. The summed E-state index contributed by atoms with van der Waals surface area (Å²) >= 11 is 5.28. The van der Waals surface area contributed by atoms with E-state index in [1.807, 2.05) is 31.2 Å². The minimum absolute atomic E-state index is 0.584. The van der Waals surface area contributed by atoms with Crippen molar-refractivity contribution in [2.45, 2.75) is 19.8 Å². The first kappa shape index (κ1) is 18.0. The monoisotopic (exact) mass is 345 g/mol. The van der Waals surface area contributed by atoms with Crippen LogP contribution in [0.3, 0.4) is 0 Å². The normalized spacial score (nSPS) is 10.1. The maximum absolute atomic E-state index is 5.32. The Kier molecular flexibility index (Phi) is 6.81. The maximum atomic E-state index is 5.32. The number of aryl methyl sites for hydroxylation is 2. The minimum Gasteiger partial charge on any atom is -0.493 e. The van der Waals surface area contributed by atoms with Crippen LogP contribution in [-0.2, 0) is 6.42 Å². The van der Waals surface area contributed by atoms with Gasteiger partial charge in [-0.05, 0) is 67.4 Å². The summed E-state index contributed by atoms with van der Waals surface area (Å²) in [5.41, 5.74) is 2.34. The quantitative estimate of drug-likeness (QED) is 0.593. The lowest BCUT2D eigenvalue weighted by molar-refractivity contribution is 0.354. The number of methoxy groups -OCH3 is 2. The molecule has 1 aromatic carbocycles. The summed E-state index contributed by atoms with van der Waals surface area (Å²) in [6.07, 6.45) is 3.65. The summed E-state index contributed by atoms with van der Waals surface area (Å²) in [7, 11) is 3.28. The molecule has 1 heterocycles. The topological polar surface area (TPSA) is 55.4 Å². The molecule has 2 N–H and O–H groups in total. The molecule has 5 nitrogen and oxygen atoms in total. The van der Waals surface area contributed by atoms with Crippen LogP contribution in [0, 0.1) is 6.92 Å². The first-order valence-electron chi connectivity index (χ1n) is 7.81. The van der Waals surface area contributed by atoms with Crippen LogP contribution in [0.4, 0.5) is 5.82 Å². The van der Waals surface area contributed by atoms with Crippen molar-refractivity contribution in [2.75, 3.05) is 26.1 Å². The first-order chi connectivity index (χ1) is 11.6. The molecular formula is C18H23N3O2S. The zero-order valence-electron chi connectivity index (χ0n) is 14.3. The summed E-state index contributed by atoms with van der Waals surface area (Å²) in [6.45, 7) is 2.80. The second-order valence-electron chi connectivity index (χ2n) is 5.39. The van der Waals surface area contributed by atoms with E-state index in [0.717, 1.165) is 42.3 Å². The van der Waals surface area contributed by atoms with Crippen molar-refractivity contribution in [2.24, 2.45) is 0 Å². The largest absolute Gasteiger partial charge is 0.493 e. The summed E-state index contributed by atoms with van der Waals surface area (Å²) in [5.74, 6) is 2.26. The van der Waals surface area contributed by atoms with Crippen LogP contribution in [-0.4, -0.2) is 30.9 Å². The molecule has 0 bridgehead atoms. The number of benzene rings is 1. The highest BCUT2D eigenvalue weighted by atomic mass is 32.1. The Balaban J connectivity index is 1.75. The van der Waals surface area contributed by atoms with Gasteiger partial charge >= 0.3 is 0 Å². The molecule has 1 aromatic heterocycles. The number of nitrogens with one attached hydrogen (secondary N) is 2. The van der Waals surface area contributed by atoms with Gasteiger partial charge in [0.2, 0.25) is 0 Å². The fraction of sp³-hybridized carbons (Fsp3) is 0.333. The Morgan fingerprint density at radius 1 is 1.12 bits per heavy atom. The fourth-order valence-corrected chi connectivity index (χ4v) is 2.50. The molecule has 2 aromatic rings. The molecule has 0 spiro atoms. The van der Waals surface area contributed by atoms with Crippen molar-refractivity contribution < 1.29 is 9.47 Å². The highest BCUT2D eigenvalue weighted by Gasteiger charge is 2.04. The van der Waals surface area contributed by atoms with Crippen LogP contribution in [0.1, 0.15) is 17.5 Å². The van der Waals surface area contributed by atoms with Crippen LogP contribution >= 0.6 is 12.2 Å². The van der Waals surface area contributed by atoms with Gasteiger partial charge in [-0.15, -0.1) is 0 Å². The van der Waals surface area contributed by atoms with Crippen LogP contribution in [0.15, 0.2) is 36.5 Å². The Labute approximate surface area is 148 Å². The Morgan fingerprint density at radius 3 is 2.62 bits per heavy atom. The van der Waals surface area contributed by atoms with Gasteiger partial charge in [0.1, 0.15) is 5.82 Å². The number of aromatic nitrogens is 1. The average Bonchev–Trinajstić information content (AvgIpc) is 2.58. The van der Waals surface area contributed by atoms with Crippen LogP contribution in [0.2, 0.25) is 0 Å². The lowest BCUT2D eigenvalue weighted by Gasteiger charge is -2.11. The fourth-order valence-electron chi connectivity index (χ4n) is 2.30. The van der Waals surface area contributed by atoms with Gasteiger partial charge in [0.25, 0.3) is 0 Å². The average molecular weight is 345 g/mol. The molecule has 0 saturated carbocycles. The lowest BCUT2D eigenvalue weighted by Crippen LogP contribution is -2.29. The zero-order valence-corrected chi connectivity index (χ0v) is 15.1. The standard InChI is InChI=1S/C18H23N3O2S/c1-13-8-10-19-17(11-13)21-18(24)20-9-4-5-14-6-7-15(22-2)16(12-14)23-3/h6-8,10-12H,4-5,9H2,1-3H3,(H2,19,20,21,24). The molecule has 0 radical (unpaired) electrons. The number of thiocarbonyl (C=S) groups is 1. The van der Waals surface area contributed by atoms with Gasteiger partial charge in [-0.2, -0.15) is 0 Å². The van der Waals surface area contributed by atoms with E-state index in [0.29, 0.717) is 5.11 Å². The van der Waals surface area contributed by atoms with E-state index in [1.54, 1.807) is 20.4 Å². The predicted molar refractivity (Wildman–Crippen MR) is 101 cm³/mol. The van der Waals surface area contributed by atoms with Crippen LogP contribution in [0.25, 0.3) is 0 Å². The SMILES string of the molecule is COc1ccc(CCCNC(=S)Nc2cc(C)ccn2)cc1OC. The van der Waals surface area contributed by atoms with Gasteiger partial charge in [-0.1, -0.05) is 6.07 Å². The number of ether oxygens (including phenoxy) is 2. The summed E-state index contributed by atoms with van der Waals surface area (Å²) in [4.78, 5) is 4.23. The molecular weight excluding hydrogens is 322 g/mol. The van der Waals surface area contributed by atoms with E-state index >= 15 is 0 Å². The minimum atomic E-state index is 0.584. The molecule has 0 aliphatic rings. The lowest BCUT2D eigenvalue weighted by atomic mass is 10.1. The van der Waals surface area contributed by atoms with Crippen LogP contribution in [0.5, 0.6) is 11.5 Å². The Morgan fingerprint density at radius 2 is 1.92 bits per heavy atom. The number of pyridine rings is 1. The van der Waals surface area contributed by atoms with Gasteiger partial charge in [-0.3, -0.25) is 0 Å². The number of rotatable bonds is 7. The molecule has 2 rings (SSSR count). The maximum Gasteiger partial charge on any atom is 0.171 e. The number of hydrogen-bond donors (Lipinski definition) is 2.